The molecule has 1 aromatic rings. The van der Waals surface area contributed by atoms with Crippen molar-refractivity contribution in [1.29, 1.82) is 0 Å². The van der Waals surface area contributed by atoms with Crippen LogP contribution in [0.4, 0.5) is 0 Å². The van der Waals surface area contributed by atoms with Crippen molar-refractivity contribution in [3.63, 3.8) is 0 Å². The number of H-pyrrole nitrogens is 1. The number of rotatable bonds is 6. The Hall–Kier alpha value is -1.43. The summed E-state index contributed by atoms with van der Waals surface area (Å²) < 4.78 is 4.78. The van der Waals surface area contributed by atoms with E-state index in [1.54, 1.807) is 7.11 Å². The molecule has 78 valence electrons. The van der Waals surface area contributed by atoms with Gasteiger partial charge in [-0.1, -0.05) is 0 Å². The predicted octanol–water partition coefficient (Wildman–Crippen LogP) is -0.500. The Morgan fingerprint density at radius 2 is 2.57 bits per heavy atom. The second kappa shape index (κ2) is 6.09. The van der Waals surface area contributed by atoms with E-state index < -0.39 is 0 Å². The van der Waals surface area contributed by atoms with Gasteiger partial charge < -0.3 is 10.1 Å². The molecule has 0 unspecified atom stereocenters. The average Bonchev–Trinajstić information content (AvgIpc) is 2.67. The van der Waals surface area contributed by atoms with Crippen molar-refractivity contribution < 1.29 is 9.53 Å². The lowest BCUT2D eigenvalue weighted by atomic mass is 10.3. The summed E-state index contributed by atoms with van der Waals surface area (Å²) in [5.74, 6) is 0.767. The van der Waals surface area contributed by atoms with E-state index in [4.69, 9.17) is 4.74 Å². The minimum Gasteiger partial charge on any atom is -0.384 e. The zero-order valence-electron chi connectivity index (χ0n) is 8.12. The van der Waals surface area contributed by atoms with E-state index >= 15 is 0 Å². The van der Waals surface area contributed by atoms with Crippen LogP contribution in [-0.2, 0) is 16.0 Å². The summed E-state index contributed by atoms with van der Waals surface area (Å²) in [6.07, 6.45) is 2.51. The Kier molecular flexibility index (Phi) is 4.63. The molecule has 1 amide bonds. The van der Waals surface area contributed by atoms with Gasteiger partial charge in [-0.05, 0) is 0 Å². The summed E-state index contributed by atoms with van der Waals surface area (Å²) in [6, 6.07) is 0. The number of ether oxygens (including phenoxy) is 1. The fraction of sp³-hybridized carbons (Fsp3) is 0.625. The molecule has 0 saturated carbocycles. The van der Waals surface area contributed by atoms with Gasteiger partial charge in [-0.15, -0.1) is 0 Å². The lowest BCUT2D eigenvalue weighted by Crippen LogP contribution is -2.26. The van der Waals surface area contributed by atoms with Crippen molar-refractivity contribution in [1.82, 2.24) is 20.5 Å². The van der Waals surface area contributed by atoms with Crippen LogP contribution in [0, 0.1) is 0 Å². The first kappa shape index (κ1) is 10.6. The molecular formula is C8H14N4O2. The summed E-state index contributed by atoms with van der Waals surface area (Å²) in [5, 5.41) is 9.17. The molecule has 0 aliphatic rings. The molecule has 0 spiro atoms. The minimum absolute atomic E-state index is 0.00800. The van der Waals surface area contributed by atoms with Gasteiger partial charge in [-0.3, -0.25) is 9.89 Å². The molecular weight excluding hydrogens is 184 g/mol. The van der Waals surface area contributed by atoms with Crippen LogP contribution >= 0.6 is 0 Å². The van der Waals surface area contributed by atoms with Crippen molar-refractivity contribution in [3.05, 3.63) is 12.2 Å². The van der Waals surface area contributed by atoms with Gasteiger partial charge in [0.05, 0.1) is 6.61 Å². The van der Waals surface area contributed by atoms with Crippen LogP contribution in [0.2, 0.25) is 0 Å². The van der Waals surface area contributed by atoms with Gasteiger partial charge in [0.1, 0.15) is 12.2 Å². The van der Waals surface area contributed by atoms with Crippen LogP contribution < -0.4 is 5.32 Å². The molecule has 0 aliphatic heterocycles. The lowest BCUT2D eigenvalue weighted by molar-refractivity contribution is -0.121. The fourth-order valence-corrected chi connectivity index (χ4v) is 0.955. The maximum absolute atomic E-state index is 11.1. The Labute approximate surface area is 82.1 Å². The Morgan fingerprint density at radius 1 is 1.71 bits per heavy atom. The maximum atomic E-state index is 11.1. The SMILES string of the molecule is COCCC(=O)NCCc1ncn[nH]1. The molecule has 1 rings (SSSR count). The van der Waals surface area contributed by atoms with Gasteiger partial charge in [0.25, 0.3) is 0 Å². The highest BCUT2D eigenvalue weighted by molar-refractivity contribution is 5.75. The van der Waals surface area contributed by atoms with E-state index in [1.807, 2.05) is 0 Å². The molecule has 6 heteroatoms. The van der Waals surface area contributed by atoms with Gasteiger partial charge in [0, 0.05) is 26.5 Å². The standard InChI is InChI=1S/C8H14N4O2/c1-14-5-3-8(13)9-4-2-7-10-6-11-12-7/h6H,2-5H2,1H3,(H,9,13)(H,10,11,12). The topological polar surface area (TPSA) is 79.9 Å². The number of aromatic nitrogens is 3. The van der Waals surface area contributed by atoms with Crippen LogP contribution in [0.1, 0.15) is 12.2 Å². The summed E-state index contributed by atoms with van der Waals surface area (Å²) in [5.41, 5.74) is 0. The van der Waals surface area contributed by atoms with Gasteiger partial charge in [0.2, 0.25) is 5.91 Å². The monoisotopic (exact) mass is 198 g/mol. The quantitative estimate of drug-likeness (QED) is 0.645. The molecule has 0 saturated heterocycles. The summed E-state index contributed by atoms with van der Waals surface area (Å²) in [4.78, 5) is 15.0. The molecule has 0 fully saturated rings. The first-order valence-corrected chi connectivity index (χ1v) is 4.43. The number of aromatic amines is 1. The summed E-state index contributed by atoms with van der Waals surface area (Å²) >= 11 is 0. The smallest absolute Gasteiger partial charge is 0.222 e. The van der Waals surface area contributed by atoms with Gasteiger partial charge in [-0.2, -0.15) is 5.10 Å². The van der Waals surface area contributed by atoms with Crippen molar-refractivity contribution in [2.45, 2.75) is 12.8 Å². The number of nitrogens with one attached hydrogen (secondary N) is 2. The third-order valence-electron chi connectivity index (χ3n) is 1.68. The minimum atomic E-state index is -0.00800. The van der Waals surface area contributed by atoms with Crippen molar-refractivity contribution in [2.75, 3.05) is 20.3 Å². The molecule has 0 radical (unpaired) electrons. The molecule has 0 bridgehead atoms. The van der Waals surface area contributed by atoms with Crippen LogP contribution in [-0.4, -0.2) is 41.3 Å². The van der Waals surface area contributed by atoms with E-state index in [0.717, 1.165) is 5.82 Å². The lowest BCUT2D eigenvalue weighted by Gasteiger charge is -2.02. The van der Waals surface area contributed by atoms with E-state index in [9.17, 15) is 4.79 Å². The summed E-state index contributed by atoms with van der Waals surface area (Å²) in [7, 11) is 1.57. The van der Waals surface area contributed by atoms with E-state index in [2.05, 4.69) is 20.5 Å². The molecule has 6 nitrogen and oxygen atoms in total. The van der Waals surface area contributed by atoms with Gasteiger partial charge in [-0.25, -0.2) is 4.98 Å². The maximum Gasteiger partial charge on any atom is 0.222 e. The van der Waals surface area contributed by atoms with Crippen molar-refractivity contribution in [3.8, 4) is 0 Å². The van der Waals surface area contributed by atoms with E-state index in [1.165, 1.54) is 6.33 Å². The Balaban J connectivity index is 2.06. The summed E-state index contributed by atoms with van der Waals surface area (Å²) in [6.45, 7) is 1.02. The van der Waals surface area contributed by atoms with Gasteiger partial charge >= 0.3 is 0 Å². The molecule has 1 aromatic heterocycles. The average molecular weight is 198 g/mol. The molecule has 0 atom stereocenters. The highest BCUT2D eigenvalue weighted by Gasteiger charge is 2.00. The molecule has 0 aliphatic carbocycles. The largest absolute Gasteiger partial charge is 0.384 e. The zero-order chi connectivity index (χ0) is 10.2. The number of carbonyl (C=O) groups is 1. The van der Waals surface area contributed by atoms with Crippen molar-refractivity contribution >= 4 is 5.91 Å². The van der Waals surface area contributed by atoms with E-state index in [0.29, 0.717) is 26.0 Å². The second-order valence-electron chi connectivity index (χ2n) is 2.77. The Morgan fingerprint density at radius 3 is 3.21 bits per heavy atom. The number of carbonyl (C=O) groups excluding carboxylic acids is 1. The second-order valence-corrected chi connectivity index (χ2v) is 2.77. The van der Waals surface area contributed by atoms with Crippen LogP contribution in [0.25, 0.3) is 0 Å². The predicted molar refractivity (Wildman–Crippen MR) is 49.6 cm³/mol. The number of hydrogen-bond donors (Lipinski definition) is 2. The third kappa shape index (κ3) is 3.99. The zero-order valence-corrected chi connectivity index (χ0v) is 8.12. The molecule has 0 aromatic carbocycles. The van der Waals surface area contributed by atoms with Crippen LogP contribution in [0.15, 0.2) is 6.33 Å². The first-order chi connectivity index (χ1) is 6.83. The number of methoxy groups -OCH3 is 1. The van der Waals surface area contributed by atoms with Crippen molar-refractivity contribution in [2.24, 2.45) is 0 Å². The van der Waals surface area contributed by atoms with Crippen LogP contribution in [0.3, 0.4) is 0 Å². The number of nitrogens with zero attached hydrogens (tertiary/aromatic N) is 2. The van der Waals surface area contributed by atoms with Gasteiger partial charge in [0.15, 0.2) is 0 Å². The Bertz CT molecular complexity index is 260. The first-order valence-electron chi connectivity index (χ1n) is 4.43. The van der Waals surface area contributed by atoms with E-state index in [-0.39, 0.29) is 5.91 Å². The highest BCUT2D eigenvalue weighted by atomic mass is 16.5. The fourth-order valence-electron chi connectivity index (χ4n) is 0.955. The number of hydrogen-bond acceptors (Lipinski definition) is 4. The normalized spacial score (nSPS) is 10.1. The molecule has 1 heterocycles. The highest BCUT2D eigenvalue weighted by Crippen LogP contribution is 1.86. The number of amides is 1. The molecule has 14 heavy (non-hydrogen) atoms. The molecule has 2 N–H and O–H groups in total. The third-order valence-corrected chi connectivity index (χ3v) is 1.68. The van der Waals surface area contributed by atoms with Crippen LogP contribution in [0.5, 0.6) is 0 Å².